The number of nitrogens with one attached hydrogen (secondary N) is 1. The van der Waals surface area contributed by atoms with Crippen LogP contribution in [0.5, 0.6) is 0 Å². The van der Waals surface area contributed by atoms with E-state index in [2.05, 4.69) is 5.32 Å². The number of ketones is 1. The zero-order valence-corrected chi connectivity index (χ0v) is 16.8. The second-order valence-electron chi connectivity index (χ2n) is 7.06. The van der Waals surface area contributed by atoms with Crippen LogP contribution >= 0.6 is 11.3 Å². The standard InChI is InChI=1S/C23H19FN2O3S/c24-17-6-8-18(9-7-17)26-14-16(12-21(26)27)23(29)25-13-19-10-11-20(30-19)22(28)15-4-2-1-3-5-15/h1-11,16H,12-14H2,(H,25,29). The van der Waals surface area contributed by atoms with Gasteiger partial charge in [0.2, 0.25) is 17.6 Å². The summed E-state index contributed by atoms with van der Waals surface area (Å²) in [6.07, 6.45) is 0.116. The van der Waals surface area contributed by atoms with Crippen LogP contribution in [0.15, 0.2) is 66.7 Å². The van der Waals surface area contributed by atoms with Gasteiger partial charge in [-0.15, -0.1) is 11.3 Å². The number of hydrogen-bond acceptors (Lipinski definition) is 4. The number of amides is 2. The highest BCUT2D eigenvalue weighted by Gasteiger charge is 2.35. The molecule has 1 fully saturated rings. The summed E-state index contributed by atoms with van der Waals surface area (Å²) >= 11 is 1.34. The van der Waals surface area contributed by atoms with E-state index < -0.39 is 5.92 Å². The van der Waals surface area contributed by atoms with Crippen LogP contribution in [0.25, 0.3) is 0 Å². The molecule has 1 atom stereocenters. The van der Waals surface area contributed by atoms with E-state index in [4.69, 9.17) is 0 Å². The molecule has 7 heteroatoms. The summed E-state index contributed by atoms with van der Waals surface area (Å²) in [6, 6.07) is 18.3. The van der Waals surface area contributed by atoms with Crippen molar-refractivity contribution in [3.8, 4) is 0 Å². The summed E-state index contributed by atoms with van der Waals surface area (Å²) in [7, 11) is 0. The average molecular weight is 422 g/mol. The zero-order valence-electron chi connectivity index (χ0n) is 16.0. The normalized spacial score (nSPS) is 16.0. The highest BCUT2D eigenvalue weighted by molar-refractivity contribution is 7.14. The lowest BCUT2D eigenvalue weighted by molar-refractivity contribution is -0.126. The Morgan fingerprint density at radius 1 is 1.03 bits per heavy atom. The van der Waals surface area contributed by atoms with Gasteiger partial charge in [-0.05, 0) is 36.4 Å². The van der Waals surface area contributed by atoms with Crippen LogP contribution < -0.4 is 10.2 Å². The molecule has 2 amide bonds. The molecule has 1 unspecified atom stereocenters. The Morgan fingerprint density at radius 3 is 2.50 bits per heavy atom. The first-order valence-electron chi connectivity index (χ1n) is 9.53. The van der Waals surface area contributed by atoms with Crippen molar-refractivity contribution in [3.05, 3.63) is 87.9 Å². The van der Waals surface area contributed by atoms with E-state index in [9.17, 15) is 18.8 Å². The van der Waals surface area contributed by atoms with Gasteiger partial charge in [-0.3, -0.25) is 14.4 Å². The SMILES string of the molecule is O=C(c1ccccc1)c1ccc(CNC(=O)C2CC(=O)N(c3ccc(F)cc3)C2)s1. The third-order valence-corrected chi connectivity index (χ3v) is 6.08. The Hall–Kier alpha value is -3.32. The van der Waals surface area contributed by atoms with Crippen molar-refractivity contribution in [2.45, 2.75) is 13.0 Å². The molecule has 0 spiro atoms. The molecular formula is C23H19FN2O3S. The van der Waals surface area contributed by atoms with Gasteiger partial charge in [0.25, 0.3) is 0 Å². The highest BCUT2D eigenvalue weighted by Crippen LogP contribution is 2.26. The third-order valence-electron chi connectivity index (χ3n) is 4.99. The van der Waals surface area contributed by atoms with Crippen molar-refractivity contribution in [1.29, 1.82) is 0 Å². The van der Waals surface area contributed by atoms with Crippen molar-refractivity contribution >= 4 is 34.6 Å². The number of carbonyl (C=O) groups excluding carboxylic acids is 3. The van der Waals surface area contributed by atoms with Crippen LogP contribution in [0.3, 0.4) is 0 Å². The molecule has 2 aromatic carbocycles. The van der Waals surface area contributed by atoms with E-state index in [1.54, 1.807) is 18.2 Å². The molecular weight excluding hydrogens is 403 g/mol. The molecule has 30 heavy (non-hydrogen) atoms. The van der Waals surface area contributed by atoms with E-state index >= 15 is 0 Å². The average Bonchev–Trinajstić information content (AvgIpc) is 3.40. The first-order valence-corrected chi connectivity index (χ1v) is 10.3. The summed E-state index contributed by atoms with van der Waals surface area (Å²) < 4.78 is 13.1. The van der Waals surface area contributed by atoms with Gasteiger partial charge in [-0.2, -0.15) is 0 Å². The quantitative estimate of drug-likeness (QED) is 0.615. The van der Waals surface area contributed by atoms with Gasteiger partial charge in [-0.1, -0.05) is 30.3 Å². The second-order valence-corrected chi connectivity index (χ2v) is 8.23. The smallest absolute Gasteiger partial charge is 0.227 e. The molecule has 4 rings (SSSR count). The number of carbonyl (C=O) groups is 3. The molecule has 5 nitrogen and oxygen atoms in total. The van der Waals surface area contributed by atoms with Gasteiger partial charge in [0, 0.05) is 29.1 Å². The van der Waals surface area contributed by atoms with Gasteiger partial charge >= 0.3 is 0 Å². The predicted molar refractivity (Wildman–Crippen MR) is 113 cm³/mol. The van der Waals surface area contributed by atoms with Crippen molar-refractivity contribution < 1.29 is 18.8 Å². The molecule has 1 aliphatic heterocycles. The number of thiophene rings is 1. The monoisotopic (exact) mass is 422 g/mol. The number of hydrogen-bond donors (Lipinski definition) is 1. The Morgan fingerprint density at radius 2 is 1.77 bits per heavy atom. The van der Waals surface area contributed by atoms with Crippen molar-refractivity contribution in [2.75, 3.05) is 11.4 Å². The largest absolute Gasteiger partial charge is 0.351 e. The van der Waals surface area contributed by atoms with Crippen LogP contribution in [0.2, 0.25) is 0 Å². The minimum atomic E-state index is -0.465. The first-order chi connectivity index (χ1) is 14.5. The maximum atomic E-state index is 13.1. The van der Waals surface area contributed by atoms with Crippen LogP contribution in [0.1, 0.15) is 26.5 Å². The highest BCUT2D eigenvalue weighted by atomic mass is 32.1. The Labute approximate surface area is 177 Å². The minimum absolute atomic E-state index is 0.0468. The zero-order chi connectivity index (χ0) is 21.1. The van der Waals surface area contributed by atoms with Crippen molar-refractivity contribution in [2.24, 2.45) is 5.92 Å². The fraction of sp³-hybridized carbons (Fsp3) is 0.174. The fourth-order valence-corrected chi connectivity index (χ4v) is 4.31. The van der Waals surface area contributed by atoms with Crippen LogP contribution in [-0.2, 0) is 16.1 Å². The summed E-state index contributed by atoms with van der Waals surface area (Å²) in [5, 5.41) is 2.86. The summed E-state index contributed by atoms with van der Waals surface area (Å²) in [5.74, 6) is -1.26. The number of halogens is 1. The lowest BCUT2D eigenvalue weighted by Crippen LogP contribution is -2.32. The number of nitrogens with zero attached hydrogens (tertiary/aromatic N) is 1. The molecule has 1 N–H and O–H groups in total. The van der Waals surface area contributed by atoms with Gasteiger partial charge in [0.1, 0.15) is 5.82 Å². The molecule has 3 aromatic rings. The third kappa shape index (κ3) is 4.31. The Kier molecular flexibility index (Phi) is 5.72. The van der Waals surface area contributed by atoms with Crippen molar-refractivity contribution in [1.82, 2.24) is 5.32 Å². The minimum Gasteiger partial charge on any atom is -0.351 e. The number of benzene rings is 2. The van der Waals surface area contributed by atoms with Gasteiger partial charge in [-0.25, -0.2) is 4.39 Å². The topological polar surface area (TPSA) is 66.5 Å². The van der Waals surface area contributed by atoms with Gasteiger partial charge < -0.3 is 10.2 Å². The maximum Gasteiger partial charge on any atom is 0.227 e. The molecule has 0 radical (unpaired) electrons. The summed E-state index contributed by atoms with van der Waals surface area (Å²) in [4.78, 5) is 40.3. The summed E-state index contributed by atoms with van der Waals surface area (Å²) in [5.41, 5.74) is 1.21. The summed E-state index contributed by atoms with van der Waals surface area (Å²) in [6.45, 7) is 0.561. The lowest BCUT2D eigenvalue weighted by atomic mass is 10.1. The van der Waals surface area contributed by atoms with E-state index in [-0.39, 0.29) is 36.4 Å². The van der Waals surface area contributed by atoms with Crippen LogP contribution in [0, 0.1) is 11.7 Å². The van der Waals surface area contributed by atoms with E-state index in [1.165, 1.54) is 40.5 Å². The second kappa shape index (κ2) is 8.59. The number of anilines is 1. The fourth-order valence-electron chi connectivity index (χ4n) is 3.40. The molecule has 152 valence electrons. The van der Waals surface area contributed by atoms with Crippen LogP contribution in [-0.4, -0.2) is 24.1 Å². The maximum absolute atomic E-state index is 13.1. The van der Waals surface area contributed by atoms with E-state index in [1.807, 2.05) is 24.3 Å². The number of rotatable bonds is 6. The predicted octanol–water partition coefficient (Wildman–Crippen LogP) is 3.79. The van der Waals surface area contributed by atoms with Gasteiger partial charge in [0.05, 0.1) is 17.3 Å². The Bertz CT molecular complexity index is 1080. The molecule has 0 aliphatic carbocycles. The van der Waals surface area contributed by atoms with Crippen LogP contribution in [0.4, 0.5) is 10.1 Å². The Balaban J connectivity index is 1.34. The molecule has 1 aliphatic rings. The van der Waals surface area contributed by atoms with Crippen molar-refractivity contribution in [3.63, 3.8) is 0 Å². The molecule has 0 bridgehead atoms. The van der Waals surface area contributed by atoms with E-state index in [0.29, 0.717) is 22.7 Å². The molecule has 2 heterocycles. The lowest BCUT2D eigenvalue weighted by Gasteiger charge is -2.16. The molecule has 1 aromatic heterocycles. The first kappa shape index (κ1) is 20.0. The van der Waals surface area contributed by atoms with E-state index in [0.717, 1.165) is 4.88 Å². The molecule has 0 saturated carbocycles. The van der Waals surface area contributed by atoms with Gasteiger partial charge in [0.15, 0.2) is 0 Å². The molecule has 1 saturated heterocycles.